The van der Waals surface area contributed by atoms with Crippen molar-refractivity contribution < 1.29 is 18.1 Å². The number of nitrogens with one attached hydrogen (secondary N) is 1. The van der Waals surface area contributed by atoms with Crippen LogP contribution in [-0.2, 0) is 9.05 Å². The minimum atomic E-state index is -4.16. The molecule has 0 aromatic heterocycles. The second-order valence-corrected chi connectivity index (χ2v) is 6.76. The summed E-state index contributed by atoms with van der Waals surface area (Å²) in [5.41, 5.74) is -0.639. The molecule has 0 saturated carbocycles. The third-order valence-corrected chi connectivity index (χ3v) is 3.97. The lowest BCUT2D eigenvalue weighted by atomic mass is 10.1. The van der Waals surface area contributed by atoms with Gasteiger partial charge in [0.05, 0.1) is 9.82 Å². The second kappa shape index (κ2) is 6.19. The maximum Gasteiger partial charge on any atom is 0.271 e. The molecule has 0 aliphatic heterocycles. The highest BCUT2D eigenvalue weighted by Gasteiger charge is 2.20. The number of benzene rings is 1. The number of nitrogens with zero attached hydrogens (tertiary/aromatic N) is 1. The number of hydrogen-bond acceptors (Lipinski definition) is 5. The lowest BCUT2D eigenvalue weighted by Gasteiger charge is -2.11. The summed E-state index contributed by atoms with van der Waals surface area (Å²) in [6.07, 6.45) is 0.668. The van der Waals surface area contributed by atoms with E-state index in [9.17, 15) is 23.3 Å². The first-order chi connectivity index (χ1) is 9.15. The molecule has 1 unspecified atom stereocenters. The van der Waals surface area contributed by atoms with Gasteiger partial charge in [-0.3, -0.25) is 14.9 Å². The minimum Gasteiger partial charge on any atom is -0.350 e. The number of nitro groups is 1. The van der Waals surface area contributed by atoms with Crippen molar-refractivity contribution in [3.63, 3.8) is 0 Å². The van der Waals surface area contributed by atoms with Crippen LogP contribution >= 0.6 is 10.7 Å². The summed E-state index contributed by atoms with van der Waals surface area (Å²) < 4.78 is 22.5. The van der Waals surface area contributed by atoms with Gasteiger partial charge in [0.2, 0.25) is 0 Å². The number of halogens is 1. The highest BCUT2D eigenvalue weighted by Crippen LogP contribution is 2.23. The summed E-state index contributed by atoms with van der Waals surface area (Å²) in [5, 5.41) is 13.4. The largest absolute Gasteiger partial charge is 0.350 e. The molecule has 0 radical (unpaired) electrons. The van der Waals surface area contributed by atoms with Crippen LogP contribution in [0.3, 0.4) is 0 Å². The maximum atomic E-state index is 11.9. The van der Waals surface area contributed by atoms with Crippen LogP contribution in [0.1, 0.15) is 30.6 Å². The van der Waals surface area contributed by atoms with Gasteiger partial charge in [-0.15, -0.1) is 0 Å². The number of nitro benzene ring substituents is 1. The van der Waals surface area contributed by atoms with E-state index in [0.717, 1.165) is 18.2 Å². The van der Waals surface area contributed by atoms with Crippen molar-refractivity contribution >= 4 is 31.3 Å². The monoisotopic (exact) mass is 320 g/mol. The van der Waals surface area contributed by atoms with E-state index in [1.165, 1.54) is 0 Å². The van der Waals surface area contributed by atoms with Gasteiger partial charge >= 0.3 is 0 Å². The Hall–Kier alpha value is -1.67. The van der Waals surface area contributed by atoms with E-state index in [-0.39, 0.29) is 11.6 Å². The van der Waals surface area contributed by atoms with E-state index >= 15 is 0 Å². The molecule has 1 amide bonds. The molecule has 1 aromatic carbocycles. The highest BCUT2D eigenvalue weighted by molar-refractivity contribution is 8.13. The predicted octanol–water partition coefficient (Wildman–Crippen LogP) is 2.05. The van der Waals surface area contributed by atoms with E-state index in [4.69, 9.17) is 10.7 Å². The van der Waals surface area contributed by atoms with Gasteiger partial charge in [-0.2, -0.15) is 0 Å². The van der Waals surface area contributed by atoms with Crippen molar-refractivity contribution in [1.82, 2.24) is 5.32 Å². The van der Waals surface area contributed by atoms with E-state index in [1.807, 2.05) is 6.92 Å². The summed E-state index contributed by atoms with van der Waals surface area (Å²) >= 11 is 0. The maximum absolute atomic E-state index is 11.9. The summed E-state index contributed by atoms with van der Waals surface area (Å²) in [6, 6.07) is 2.68. The van der Waals surface area contributed by atoms with E-state index < -0.39 is 30.5 Å². The number of rotatable bonds is 5. The normalized spacial score (nSPS) is 12.8. The first-order valence-corrected chi connectivity index (χ1v) is 8.01. The summed E-state index contributed by atoms with van der Waals surface area (Å²) in [5.74, 6) is -0.593. The van der Waals surface area contributed by atoms with Crippen molar-refractivity contribution in [3.05, 3.63) is 33.9 Å². The molecule has 0 saturated heterocycles. The first kappa shape index (κ1) is 16.4. The SMILES string of the molecule is CCC(C)NC(=O)c1cc([N+](=O)[O-])cc(S(=O)(=O)Cl)c1. The average molecular weight is 321 g/mol. The van der Waals surface area contributed by atoms with Crippen LogP contribution in [0, 0.1) is 10.1 Å². The molecule has 20 heavy (non-hydrogen) atoms. The Morgan fingerprint density at radius 2 is 2.05 bits per heavy atom. The van der Waals surface area contributed by atoms with Crippen LogP contribution in [-0.4, -0.2) is 25.3 Å². The van der Waals surface area contributed by atoms with E-state index in [2.05, 4.69) is 5.32 Å². The van der Waals surface area contributed by atoms with Crippen LogP contribution in [0.15, 0.2) is 23.1 Å². The van der Waals surface area contributed by atoms with Gasteiger partial charge in [-0.05, 0) is 19.4 Å². The topological polar surface area (TPSA) is 106 Å². The fraction of sp³-hybridized carbons (Fsp3) is 0.364. The number of amides is 1. The van der Waals surface area contributed by atoms with Crippen molar-refractivity contribution in [2.45, 2.75) is 31.2 Å². The molecule has 1 N–H and O–H groups in total. The fourth-order valence-electron chi connectivity index (χ4n) is 1.37. The smallest absolute Gasteiger partial charge is 0.271 e. The van der Waals surface area contributed by atoms with Gasteiger partial charge in [-0.1, -0.05) is 6.92 Å². The fourth-order valence-corrected chi connectivity index (χ4v) is 2.17. The Bertz CT molecular complexity index is 644. The zero-order valence-electron chi connectivity index (χ0n) is 10.8. The quantitative estimate of drug-likeness (QED) is 0.507. The lowest BCUT2D eigenvalue weighted by molar-refractivity contribution is -0.385. The Labute approximate surface area is 120 Å². The summed E-state index contributed by atoms with van der Waals surface area (Å²) in [7, 11) is 1.00. The number of hydrogen-bond donors (Lipinski definition) is 1. The van der Waals surface area contributed by atoms with Gasteiger partial charge < -0.3 is 5.32 Å². The molecule has 110 valence electrons. The van der Waals surface area contributed by atoms with Gasteiger partial charge in [-0.25, -0.2) is 8.42 Å². The molecule has 0 heterocycles. The average Bonchev–Trinajstić information content (AvgIpc) is 2.36. The van der Waals surface area contributed by atoms with Crippen LogP contribution in [0.5, 0.6) is 0 Å². The minimum absolute atomic E-state index is 0.126. The number of non-ortho nitro benzene ring substituents is 1. The van der Waals surface area contributed by atoms with Crippen LogP contribution in [0.4, 0.5) is 5.69 Å². The molecule has 0 bridgehead atoms. The highest BCUT2D eigenvalue weighted by atomic mass is 35.7. The van der Waals surface area contributed by atoms with Gasteiger partial charge in [0.25, 0.3) is 20.6 Å². The molecule has 1 aromatic rings. The third-order valence-electron chi connectivity index (χ3n) is 2.64. The molecular formula is C11H13ClN2O5S. The Morgan fingerprint density at radius 1 is 1.45 bits per heavy atom. The third kappa shape index (κ3) is 4.17. The van der Waals surface area contributed by atoms with Crippen LogP contribution in [0.25, 0.3) is 0 Å². The molecular weight excluding hydrogens is 308 g/mol. The molecule has 0 fully saturated rings. The van der Waals surface area contributed by atoms with Gasteiger partial charge in [0, 0.05) is 34.4 Å². The van der Waals surface area contributed by atoms with E-state index in [0.29, 0.717) is 6.42 Å². The van der Waals surface area contributed by atoms with Crippen molar-refractivity contribution in [2.75, 3.05) is 0 Å². The van der Waals surface area contributed by atoms with Crippen LogP contribution in [0.2, 0.25) is 0 Å². The van der Waals surface area contributed by atoms with Crippen molar-refractivity contribution in [1.29, 1.82) is 0 Å². The number of carbonyl (C=O) groups is 1. The Balaban J connectivity index is 3.29. The lowest BCUT2D eigenvalue weighted by Crippen LogP contribution is -2.32. The summed E-state index contributed by atoms with van der Waals surface area (Å²) in [6.45, 7) is 3.61. The molecule has 0 spiro atoms. The zero-order valence-corrected chi connectivity index (χ0v) is 12.4. The van der Waals surface area contributed by atoms with Crippen molar-refractivity contribution in [2.24, 2.45) is 0 Å². The predicted molar refractivity (Wildman–Crippen MR) is 73.4 cm³/mol. The molecule has 0 aliphatic rings. The Kier molecular flexibility index (Phi) is 5.07. The Morgan fingerprint density at radius 3 is 2.50 bits per heavy atom. The van der Waals surface area contributed by atoms with E-state index in [1.54, 1.807) is 6.92 Å². The van der Waals surface area contributed by atoms with Crippen molar-refractivity contribution in [3.8, 4) is 0 Å². The molecule has 1 rings (SSSR count). The molecule has 7 nitrogen and oxygen atoms in total. The molecule has 1 atom stereocenters. The summed E-state index contributed by atoms with van der Waals surface area (Å²) in [4.78, 5) is 21.4. The van der Waals surface area contributed by atoms with Crippen LogP contribution < -0.4 is 5.32 Å². The zero-order chi connectivity index (χ0) is 15.5. The number of carbonyl (C=O) groups excluding carboxylic acids is 1. The first-order valence-electron chi connectivity index (χ1n) is 5.70. The molecule has 0 aliphatic carbocycles. The second-order valence-electron chi connectivity index (χ2n) is 4.19. The molecule has 9 heteroatoms. The van der Waals surface area contributed by atoms with Gasteiger partial charge in [0.1, 0.15) is 0 Å². The van der Waals surface area contributed by atoms with Gasteiger partial charge in [0.15, 0.2) is 0 Å². The standard InChI is InChI=1S/C11H13ClN2O5S/c1-3-7(2)13-11(15)8-4-9(14(16)17)6-10(5-8)20(12,18)19/h4-7H,3H2,1-2H3,(H,13,15).